The maximum atomic E-state index is 12.8. The van der Waals surface area contributed by atoms with E-state index in [9.17, 15) is 14.4 Å². The zero-order chi connectivity index (χ0) is 21.7. The van der Waals surface area contributed by atoms with E-state index in [4.69, 9.17) is 5.73 Å². The van der Waals surface area contributed by atoms with Gasteiger partial charge in [0, 0.05) is 17.4 Å². The third kappa shape index (κ3) is 4.93. The van der Waals surface area contributed by atoms with Gasteiger partial charge in [-0.1, -0.05) is 28.1 Å². The fraction of sp³-hybridized carbons (Fsp3) is 0.143. The number of nitrogens with one attached hydrogen (secondary N) is 2. The van der Waals surface area contributed by atoms with Gasteiger partial charge in [-0.05, 0) is 43.3 Å². The van der Waals surface area contributed by atoms with E-state index in [0.717, 1.165) is 10.2 Å². The molecule has 0 radical (unpaired) electrons. The molecule has 3 amide bonds. The SMILES string of the molecule is Cc1c(C(=O)Nc2ccccc2C(=O)NCCC(N)=O)cnn1-c1ccc(Br)cc1. The van der Waals surface area contributed by atoms with Crippen LogP contribution in [0.3, 0.4) is 0 Å². The molecule has 30 heavy (non-hydrogen) atoms. The van der Waals surface area contributed by atoms with Crippen LogP contribution in [0, 0.1) is 6.92 Å². The van der Waals surface area contributed by atoms with Crippen LogP contribution in [0.5, 0.6) is 0 Å². The van der Waals surface area contributed by atoms with Gasteiger partial charge in [-0.3, -0.25) is 14.4 Å². The highest BCUT2D eigenvalue weighted by molar-refractivity contribution is 9.10. The Morgan fingerprint density at radius 2 is 1.73 bits per heavy atom. The summed E-state index contributed by atoms with van der Waals surface area (Å²) in [6, 6.07) is 14.2. The second kappa shape index (κ2) is 9.36. The predicted molar refractivity (Wildman–Crippen MR) is 117 cm³/mol. The minimum absolute atomic E-state index is 0.0364. The van der Waals surface area contributed by atoms with Crippen LogP contribution < -0.4 is 16.4 Å². The van der Waals surface area contributed by atoms with E-state index < -0.39 is 11.8 Å². The van der Waals surface area contributed by atoms with Gasteiger partial charge in [-0.2, -0.15) is 5.10 Å². The standard InChI is InChI=1S/C21H20BrN5O3/c1-13-17(12-25-27(13)15-8-6-14(22)7-9-15)21(30)26-18-5-3-2-4-16(18)20(29)24-11-10-19(23)28/h2-9,12H,10-11H2,1H3,(H2,23,28)(H,24,29)(H,26,30). The van der Waals surface area contributed by atoms with Gasteiger partial charge in [0.25, 0.3) is 11.8 Å². The first-order valence-corrected chi connectivity index (χ1v) is 9.93. The van der Waals surface area contributed by atoms with Crippen LogP contribution in [-0.4, -0.2) is 34.0 Å². The molecule has 0 aliphatic heterocycles. The molecule has 8 nitrogen and oxygen atoms in total. The zero-order valence-corrected chi connectivity index (χ0v) is 17.8. The molecule has 2 aromatic carbocycles. The number of nitrogens with two attached hydrogens (primary N) is 1. The Balaban J connectivity index is 1.78. The molecule has 9 heteroatoms. The monoisotopic (exact) mass is 469 g/mol. The normalized spacial score (nSPS) is 10.5. The molecule has 4 N–H and O–H groups in total. The number of carbonyl (C=O) groups is 3. The van der Waals surface area contributed by atoms with E-state index in [0.29, 0.717) is 16.9 Å². The molecule has 0 unspecified atom stereocenters. The van der Waals surface area contributed by atoms with E-state index in [2.05, 4.69) is 31.7 Å². The second-order valence-corrected chi connectivity index (χ2v) is 7.42. The molecular weight excluding hydrogens is 450 g/mol. The Bertz CT molecular complexity index is 1090. The van der Waals surface area contributed by atoms with Crippen molar-refractivity contribution in [3.8, 4) is 5.69 Å². The van der Waals surface area contributed by atoms with Crippen LogP contribution in [0.2, 0.25) is 0 Å². The van der Waals surface area contributed by atoms with Gasteiger partial charge >= 0.3 is 0 Å². The second-order valence-electron chi connectivity index (χ2n) is 6.50. The molecule has 0 aliphatic carbocycles. The molecule has 3 aromatic rings. The van der Waals surface area contributed by atoms with Crippen LogP contribution in [0.1, 0.15) is 32.8 Å². The summed E-state index contributed by atoms with van der Waals surface area (Å²) in [4.78, 5) is 36.1. The number of aromatic nitrogens is 2. The van der Waals surface area contributed by atoms with Crippen molar-refractivity contribution in [1.29, 1.82) is 0 Å². The number of hydrogen-bond acceptors (Lipinski definition) is 4. The first-order valence-electron chi connectivity index (χ1n) is 9.14. The average molecular weight is 470 g/mol. The Labute approximate surface area is 181 Å². The molecule has 1 heterocycles. The van der Waals surface area contributed by atoms with Gasteiger partial charge in [0.15, 0.2) is 0 Å². The van der Waals surface area contributed by atoms with Gasteiger partial charge in [-0.15, -0.1) is 0 Å². The minimum atomic E-state index is -0.504. The quantitative estimate of drug-likeness (QED) is 0.492. The lowest BCUT2D eigenvalue weighted by molar-refractivity contribution is -0.117. The summed E-state index contributed by atoms with van der Waals surface area (Å²) in [5.74, 6) is -1.29. The summed E-state index contributed by atoms with van der Waals surface area (Å²) in [6.45, 7) is 1.92. The fourth-order valence-corrected chi connectivity index (χ4v) is 3.11. The van der Waals surface area contributed by atoms with E-state index in [-0.39, 0.29) is 24.4 Å². The third-order valence-electron chi connectivity index (χ3n) is 4.40. The summed E-state index contributed by atoms with van der Waals surface area (Å²) >= 11 is 3.39. The molecule has 1 aromatic heterocycles. The van der Waals surface area contributed by atoms with Gasteiger partial charge < -0.3 is 16.4 Å². The van der Waals surface area contributed by atoms with Crippen LogP contribution in [-0.2, 0) is 4.79 Å². The van der Waals surface area contributed by atoms with Crippen molar-refractivity contribution in [2.75, 3.05) is 11.9 Å². The zero-order valence-electron chi connectivity index (χ0n) is 16.2. The molecular formula is C21H20BrN5O3. The summed E-state index contributed by atoms with van der Waals surface area (Å²) in [5, 5.41) is 9.69. The van der Waals surface area contributed by atoms with Gasteiger partial charge in [-0.25, -0.2) is 4.68 Å². The first kappa shape index (κ1) is 21.3. The molecule has 0 atom stereocenters. The fourth-order valence-electron chi connectivity index (χ4n) is 2.85. The van der Waals surface area contributed by atoms with E-state index >= 15 is 0 Å². The summed E-state index contributed by atoms with van der Waals surface area (Å²) in [5.41, 5.74) is 7.61. The molecule has 3 rings (SSSR count). The Kier molecular flexibility index (Phi) is 6.63. The predicted octanol–water partition coefficient (Wildman–Crippen LogP) is 2.80. The molecule has 0 spiro atoms. The maximum Gasteiger partial charge on any atom is 0.259 e. The lowest BCUT2D eigenvalue weighted by Gasteiger charge is -2.11. The number of halogens is 1. The number of carbonyl (C=O) groups excluding carboxylic acids is 3. The van der Waals surface area contributed by atoms with Gasteiger partial charge in [0.2, 0.25) is 5.91 Å². The number of hydrogen-bond donors (Lipinski definition) is 3. The summed E-state index contributed by atoms with van der Waals surface area (Å²) in [7, 11) is 0. The smallest absolute Gasteiger partial charge is 0.259 e. The number of benzene rings is 2. The van der Waals surface area contributed by atoms with Gasteiger partial charge in [0.05, 0.1) is 34.4 Å². The maximum absolute atomic E-state index is 12.8. The Morgan fingerprint density at radius 1 is 1.03 bits per heavy atom. The number of primary amides is 1. The summed E-state index contributed by atoms with van der Waals surface area (Å²) < 4.78 is 2.61. The van der Waals surface area contributed by atoms with E-state index in [1.165, 1.54) is 6.20 Å². The third-order valence-corrected chi connectivity index (χ3v) is 4.93. The van der Waals surface area contributed by atoms with Crippen molar-refractivity contribution >= 4 is 39.3 Å². The van der Waals surface area contributed by atoms with Crippen LogP contribution in [0.4, 0.5) is 5.69 Å². The highest BCUT2D eigenvalue weighted by atomic mass is 79.9. The van der Waals surface area contributed by atoms with Crippen molar-refractivity contribution in [3.05, 3.63) is 76.0 Å². The number of nitrogens with zero attached hydrogens (tertiary/aromatic N) is 2. The Morgan fingerprint density at radius 3 is 2.43 bits per heavy atom. The number of para-hydroxylation sites is 1. The van der Waals surface area contributed by atoms with Crippen LogP contribution in [0.15, 0.2) is 59.2 Å². The largest absolute Gasteiger partial charge is 0.370 e. The van der Waals surface area contributed by atoms with E-state index in [1.54, 1.807) is 35.9 Å². The van der Waals surface area contributed by atoms with Crippen molar-refractivity contribution in [2.24, 2.45) is 5.73 Å². The lowest BCUT2D eigenvalue weighted by Crippen LogP contribution is -2.28. The molecule has 0 fully saturated rings. The van der Waals surface area contributed by atoms with Crippen LogP contribution in [0.25, 0.3) is 5.69 Å². The lowest BCUT2D eigenvalue weighted by atomic mass is 10.1. The van der Waals surface area contributed by atoms with Gasteiger partial charge in [0.1, 0.15) is 0 Å². The first-order chi connectivity index (χ1) is 14.4. The van der Waals surface area contributed by atoms with Crippen molar-refractivity contribution in [3.63, 3.8) is 0 Å². The van der Waals surface area contributed by atoms with Crippen molar-refractivity contribution in [2.45, 2.75) is 13.3 Å². The highest BCUT2D eigenvalue weighted by Gasteiger charge is 2.18. The van der Waals surface area contributed by atoms with E-state index in [1.807, 2.05) is 24.3 Å². The number of anilines is 1. The summed E-state index contributed by atoms with van der Waals surface area (Å²) in [6.07, 6.45) is 1.52. The molecule has 0 saturated heterocycles. The molecule has 0 saturated carbocycles. The average Bonchev–Trinajstić information content (AvgIpc) is 3.10. The molecule has 0 bridgehead atoms. The molecule has 0 aliphatic rings. The van der Waals surface area contributed by atoms with Crippen LogP contribution >= 0.6 is 15.9 Å². The highest BCUT2D eigenvalue weighted by Crippen LogP contribution is 2.20. The van der Waals surface area contributed by atoms with Crippen molar-refractivity contribution < 1.29 is 14.4 Å². The molecule has 154 valence electrons. The Hall–Kier alpha value is -3.46. The number of rotatable bonds is 7. The topological polar surface area (TPSA) is 119 Å². The number of amides is 3. The minimum Gasteiger partial charge on any atom is -0.370 e. The van der Waals surface area contributed by atoms with Crippen molar-refractivity contribution in [1.82, 2.24) is 15.1 Å².